The normalized spacial score (nSPS) is 13.5. The molecule has 32 heavy (non-hydrogen) atoms. The highest BCUT2D eigenvalue weighted by molar-refractivity contribution is 6.14. The molecule has 166 valence electrons. The Morgan fingerprint density at radius 1 is 1.06 bits per heavy atom. The highest BCUT2D eigenvalue weighted by atomic mass is 16.5. The van der Waals surface area contributed by atoms with E-state index < -0.39 is 11.9 Å². The summed E-state index contributed by atoms with van der Waals surface area (Å²) in [4.78, 5) is 31.6. The molecule has 1 aliphatic rings. The van der Waals surface area contributed by atoms with Gasteiger partial charge in [0.1, 0.15) is 11.3 Å². The fourth-order valence-electron chi connectivity index (χ4n) is 4.09. The van der Waals surface area contributed by atoms with Crippen LogP contribution in [0.1, 0.15) is 57.0 Å². The molecule has 3 aromatic rings. The van der Waals surface area contributed by atoms with Crippen molar-refractivity contribution in [2.24, 2.45) is 0 Å². The maximum atomic E-state index is 13.5. The lowest BCUT2D eigenvalue weighted by Gasteiger charge is -2.26. The fourth-order valence-corrected chi connectivity index (χ4v) is 4.09. The second-order valence-electron chi connectivity index (χ2n) is 8.09. The monoisotopic (exact) mass is 434 g/mol. The molecule has 4 rings (SSSR count). The number of carboxylic acid groups (broad SMARTS) is 1. The van der Waals surface area contributed by atoms with Crippen LogP contribution < -0.4 is 9.47 Å². The van der Waals surface area contributed by atoms with Crippen LogP contribution in [0.15, 0.2) is 42.5 Å². The van der Waals surface area contributed by atoms with E-state index in [-0.39, 0.29) is 17.0 Å². The molecule has 1 fully saturated rings. The Morgan fingerprint density at radius 3 is 2.34 bits per heavy atom. The second kappa shape index (κ2) is 8.86. The number of aromatic nitrogens is 1. The average molecular weight is 434 g/mol. The molecule has 0 radical (unpaired) electrons. The maximum absolute atomic E-state index is 13.5. The summed E-state index contributed by atoms with van der Waals surface area (Å²) in [5, 5.41) is 10.4. The van der Waals surface area contributed by atoms with E-state index in [1.165, 1.54) is 18.4 Å². The predicted molar refractivity (Wildman–Crippen MR) is 121 cm³/mol. The minimum atomic E-state index is -1.25. The summed E-state index contributed by atoms with van der Waals surface area (Å²) in [6.45, 7) is 0.314. The summed E-state index contributed by atoms with van der Waals surface area (Å²) in [5.74, 6) is -0.496. The van der Waals surface area contributed by atoms with E-state index in [0.717, 1.165) is 29.7 Å². The largest absolute Gasteiger partial charge is 0.497 e. The van der Waals surface area contributed by atoms with Crippen LogP contribution in [-0.2, 0) is 6.54 Å². The van der Waals surface area contributed by atoms with E-state index in [1.54, 1.807) is 14.2 Å². The molecule has 0 aliphatic heterocycles. The molecule has 7 nitrogen and oxygen atoms in total. The van der Waals surface area contributed by atoms with Crippen LogP contribution in [0.25, 0.3) is 10.9 Å². The summed E-state index contributed by atoms with van der Waals surface area (Å²) < 4.78 is 10.5. The van der Waals surface area contributed by atoms with Gasteiger partial charge in [0.15, 0.2) is 0 Å². The molecule has 0 spiro atoms. The van der Waals surface area contributed by atoms with Crippen molar-refractivity contribution < 1.29 is 24.2 Å². The van der Waals surface area contributed by atoms with Gasteiger partial charge in [0.2, 0.25) is 5.88 Å². The number of aromatic carboxylic acids is 1. The highest BCUT2D eigenvalue weighted by Gasteiger charge is 2.29. The third-order valence-corrected chi connectivity index (χ3v) is 6.10. The zero-order chi connectivity index (χ0) is 22.8. The number of rotatable bonds is 7. The van der Waals surface area contributed by atoms with E-state index in [9.17, 15) is 14.7 Å². The topological polar surface area (TPSA) is 89.0 Å². The summed E-state index contributed by atoms with van der Waals surface area (Å²) >= 11 is 0. The third kappa shape index (κ3) is 3.98. The lowest BCUT2D eigenvalue weighted by Crippen LogP contribution is -2.28. The molecule has 0 unspecified atom stereocenters. The Kier molecular flexibility index (Phi) is 5.99. The van der Waals surface area contributed by atoms with E-state index in [4.69, 9.17) is 9.47 Å². The van der Waals surface area contributed by atoms with Crippen LogP contribution in [0.2, 0.25) is 0 Å². The standard InChI is InChI=1S/C25H26N2O5/c1-27(14-15-7-10-18(31-2)11-8-15)24(28)21-19-12-9-17(16-5-4-6-16)13-20(19)26-23(32-3)22(21)25(29)30/h7-13,16H,4-6,14H2,1-3H3,(H,29,30). The molecule has 1 amide bonds. The second-order valence-corrected chi connectivity index (χ2v) is 8.09. The molecule has 0 saturated heterocycles. The van der Waals surface area contributed by atoms with Crippen molar-refractivity contribution in [1.82, 2.24) is 9.88 Å². The molecular weight excluding hydrogens is 408 g/mol. The molecule has 7 heteroatoms. The van der Waals surface area contributed by atoms with Crippen molar-refractivity contribution in [2.45, 2.75) is 31.7 Å². The van der Waals surface area contributed by atoms with E-state index in [0.29, 0.717) is 23.4 Å². The number of carboxylic acids is 1. The quantitative estimate of drug-likeness (QED) is 0.589. The first-order valence-corrected chi connectivity index (χ1v) is 10.6. The van der Waals surface area contributed by atoms with Crippen LogP contribution >= 0.6 is 0 Å². The fraction of sp³-hybridized carbons (Fsp3) is 0.320. The minimum absolute atomic E-state index is 0.0584. The number of hydrogen-bond acceptors (Lipinski definition) is 5. The van der Waals surface area contributed by atoms with Crippen LogP contribution in [0, 0.1) is 0 Å². The zero-order valence-corrected chi connectivity index (χ0v) is 18.4. The minimum Gasteiger partial charge on any atom is -0.497 e. The van der Waals surface area contributed by atoms with Gasteiger partial charge in [-0.05, 0) is 48.1 Å². The molecule has 1 N–H and O–H groups in total. The van der Waals surface area contributed by atoms with Gasteiger partial charge in [-0.2, -0.15) is 0 Å². The number of methoxy groups -OCH3 is 2. The Balaban J connectivity index is 1.77. The van der Waals surface area contributed by atoms with Crippen molar-refractivity contribution in [3.05, 3.63) is 64.7 Å². The lowest BCUT2D eigenvalue weighted by molar-refractivity contribution is 0.0676. The Bertz CT molecular complexity index is 1170. The molecule has 0 bridgehead atoms. The van der Waals surface area contributed by atoms with E-state index in [2.05, 4.69) is 4.98 Å². The molecule has 0 atom stereocenters. The molecule has 1 saturated carbocycles. The van der Waals surface area contributed by atoms with Crippen molar-refractivity contribution in [3.63, 3.8) is 0 Å². The van der Waals surface area contributed by atoms with Crippen LogP contribution in [0.5, 0.6) is 11.6 Å². The van der Waals surface area contributed by atoms with Crippen molar-refractivity contribution in [1.29, 1.82) is 0 Å². The number of hydrogen-bond donors (Lipinski definition) is 1. The first kappa shape index (κ1) is 21.6. The lowest BCUT2D eigenvalue weighted by atomic mass is 9.79. The third-order valence-electron chi connectivity index (χ3n) is 6.10. The highest BCUT2D eigenvalue weighted by Crippen LogP contribution is 2.38. The van der Waals surface area contributed by atoms with Gasteiger partial charge in [0.25, 0.3) is 5.91 Å². The van der Waals surface area contributed by atoms with Gasteiger partial charge < -0.3 is 19.5 Å². The molecule has 2 aromatic carbocycles. The first-order valence-electron chi connectivity index (χ1n) is 10.6. The predicted octanol–water partition coefficient (Wildman–Crippen LogP) is 4.49. The van der Waals surface area contributed by atoms with Gasteiger partial charge in [-0.15, -0.1) is 0 Å². The van der Waals surface area contributed by atoms with E-state index in [1.807, 2.05) is 42.5 Å². The van der Waals surface area contributed by atoms with Gasteiger partial charge >= 0.3 is 5.97 Å². The smallest absolute Gasteiger partial charge is 0.342 e. The maximum Gasteiger partial charge on any atom is 0.342 e. The van der Waals surface area contributed by atoms with Crippen LogP contribution in [0.4, 0.5) is 0 Å². The van der Waals surface area contributed by atoms with Crippen molar-refractivity contribution in [2.75, 3.05) is 21.3 Å². The number of amides is 1. The number of carbonyl (C=O) groups excluding carboxylic acids is 1. The summed E-state index contributed by atoms with van der Waals surface area (Å²) in [7, 11) is 4.61. The summed E-state index contributed by atoms with van der Waals surface area (Å²) in [6.07, 6.45) is 3.47. The van der Waals surface area contributed by atoms with Crippen LogP contribution in [-0.4, -0.2) is 48.1 Å². The Hall–Kier alpha value is -3.61. The number of pyridine rings is 1. The van der Waals surface area contributed by atoms with Gasteiger partial charge in [0, 0.05) is 19.0 Å². The van der Waals surface area contributed by atoms with Crippen molar-refractivity contribution >= 4 is 22.8 Å². The van der Waals surface area contributed by atoms with Crippen molar-refractivity contribution in [3.8, 4) is 11.6 Å². The summed E-state index contributed by atoms with van der Waals surface area (Å²) in [5.41, 5.74) is 2.50. The summed E-state index contributed by atoms with van der Waals surface area (Å²) in [6, 6.07) is 13.1. The van der Waals surface area contributed by atoms with E-state index >= 15 is 0 Å². The number of benzene rings is 2. The Labute approximate surface area is 186 Å². The van der Waals surface area contributed by atoms with Gasteiger partial charge in [-0.25, -0.2) is 9.78 Å². The van der Waals surface area contributed by atoms with Crippen LogP contribution in [0.3, 0.4) is 0 Å². The number of fused-ring (bicyclic) bond motifs is 1. The number of carbonyl (C=O) groups is 2. The first-order chi connectivity index (χ1) is 15.4. The number of ether oxygens (including phenoxy) is 2. The SMILES string of the molecule is COc1ccc(CN(C)C(=O)c2c(C(=O)O)c(OC)nc3cc(C4CCC4)ccc23)cc1. The molecule has 1 aliphatic carbocycles. The Morgan fingerprint density at radius 2 is 1.78 bits per heavy atom. The van der Waals surface area contributed by atoms with Gasteiger partial charge in [0.05, 0.1) is 25.3 Å². The van der Waals surface area contributed by atoms with Gasteiger partial charge in [-0.3, -0.25) is 4.79 Å². The zero-order valence-electron chi connectivity index (χ0n) is 18.4. The number of nitrogens with zero attached hydrogens (tertiary/aromatic N) is 2. The molecule has 1 aromatic heterocycles. The molecule has 1 heterocycles. The van der Waals surface area contributed by atoms with Gasteiger partial charge in [-0.1, -0.05) is 30.7 Å². The molecular formula is C25H26N2O5. The average Bonchev–Trinajstić information content (AvgIpc) is 2.76.